The molecule has 1 N–H and O–H groups in total. The summed E-state index contributed by atoms with van der Waals surface area (Å²) in [6.07, 6.45) is 0. The second-order valence-electron chi connectivity index (χ2n) is 7.22. The maximum Gasteiger partial charge on any atom is 0.240 e. The fraction of sp³-hybridized carbons (Fsp3) is 0.333. The molecule has 1 amide bonds. The van der Waals surface area contributed by atoms with Crippen LogP contribution in [0, 0.1) is 0 Å². The van der Waals surface area contributed by atoms with Crippen LogP contribution in [0.15, 0.2) is 36.4 Å². The molecule has 1 aromatic heterocycles. The van der Waals surface area contributed by atoms with Gasteiger partial charge in [0.2, 0.25) is 5.91 Å². The van der Waals surface area contributed by atoms with Gasteiger partial charge in [0.1, 0.15) is 11.6 Å². The van der Waals surface area contributed by atoms with E-state index in [2.05, 4.69) is 4.98 Å². The molecule has 2 aromatic carbocycles. The fourth-order valence-electron chi connectivity index (χ4n) is 3.29. The normalized spacial score (nSPS) is 15.2. The highest BCUT2D eigenvalue weighted by atomic mass is 32.1. The van der Waals surface area contributed by atoms with Crippen LogP contribution in [0.5, 0.6) is 11.5 Å². The number of amides is 1. The number of phenolic OH excluding ortho intramolecular Hbond substituents is 1. The molecule has 2 heterocycles. The fourth-order valence-corrected chi connectivity index (χ4v) is 4.24. The number of benzene rings is 2. The highest BCUT2D eigenvalue weighted by molar-refractivity contribution is 7.21. The first kappa shape index (κ1) is 18.7. The average Bonchev–Trinajstić information content (AvgIpc) is 2.99. The molecule has 0 fully saturated rings. The predicted octanol–water partition coefficient (Wildman–Crippen LogP) is 3.34. The quantitative estimate of drug-likeness (QED) is 0.734. The molecular formula is C21H23N3O3S. The minimum atomic E-state index is -0.220. The van der Waals surface area contributed by atoms with E-state index in [1.165, 1.54) is 0 Å². The summed E-state index contributed by atoms with van der Waals surface area (Å²) in [6.45, 7) is 3.14. The van der Waals surface area contributed by atoms with Gasteiger partial charge in [-0.15, -0.1) is 11.3 Å². The Morgan fingerprint density at radius 3 is 2.86 bits per heavy atom. The Balaban J connectivity index is 1.70. The highest BCUT2D eigenvalue weighted by Gasteiger charge is 2.27. The minimum absolute atomic E-state index is 0.0475. The van der Waals surface area contributed by atoms with Gasteiger partial charge in [-0.3, -0.25) is 9.69 Å². The van der Waals surface area contributed by atoms with E-state index in [-0.39, 0.29) is 17.7 Å². The van der Waals surface area contributed by atoms with Crippen LogP contribution in [0.25, 0.3) is 20.8 Å². The van der Waals surface area contributed by atoms with Gasteiger partial charge in [0, 0.05) is 17.7 Å². The lowest BCUT2D eigenvalue weighted by Crippen LogP contribution is -2.44. The van der Waals surface area contributed by atoms with Crippen LogP contribution in [0.3, 0.4) is 0 Å². The number of nitrogens with zero attached hydrogens (tertiary/aromatic N) is 3. The van der Waals surface area contributed by atoms with Crippen LogP contribution in [-0.4, -0.2) is 59.1 Å². The van der Waals surface area contributed by atoms with Gasteiger partial charge >= 0.3 is 0 Å². The number of fused-ring (bicyclic) bond motifs is 2. The molecule has 0 saturated carbocycles. The van der Waals surface area contributed by atoms with E-state index < -0.39 is 0 Å². The van der Waals surface area contributed by atoms with Crippen LogP contribution in [0.2, 0.25) is 0 Å². The van der Waals surface area contributed by atoms with Crippen molar-refractivity contribution in [2.24, 2.45) is 0 Å². The molecule has 0 saturated heterocycles. The van der Waals surface area contributed by atoms with Crippen molar-refractivity contribution in [1.82, 2.24) is 14.8 Å². The smallest absolute Gasteiger partial charge is 0.240 e. The number of rotatable bonds is 3. The second-order valence-corrected chi connectivity index (χ2v) is 8.25. The maximum atomic E-state index is 12.8. The highest BCUT2D eigenvalue weighted by Crippen LogP contribution is 2.39. The second kappa shape index (κ2) is 7.41. The molecule has 7 heteroatoms. The first-order valence-electron chi connectivity index (χ1n) is 9.24. The third kappa shape index (κ3) is 3.43. The van der Waals surface area contributed by atoms with Gasteiger partial charge in [-0.25, -0.2) is 4.98 Å². The SMILES string of the molecule is C[C@@H](C(=O)N1CCOc2c(O)cc(-c3nc4ccccc4s3)cc2C1)N(C)C. The predicted molar refractivity (Wildman–Crippen MR) is 111 cm³/mol. The number of hydrogen-bond acceptors (Lipinski definition) is 6. The van der Waals surface area contributed by atoms with Crippen molar-refractivity contribution >= 4 is 27.5 Å². The van der Waals surface area contributed by atoms with E-state index in [0.29, 0.717) is 25.4 Å². The number of phenols is 1. The molecule has 6 nitrogen and oxygen atoms in total. The number of aromatic hydroxyl groups is 1. The molecule has 3 aromatic rings. The third-order valence-electron chi connectivity index (χ3n) is 5.10. The standard InChI is InChI=1S/C21H23N3O3S/c1-13(23(2)3)21(26)24-8-9-27-19-15(12-24)10-14(11-17(19)25)20-22-16-6-4-5-7-18(16)28-20/h4-7,10-11,13,25H,8-9,12H2,1-3H3/t13-/m0/s1. The van der Waals surface area contributed by atoms with Gasteiger partial charge < -0.3 is 14.7 Å². The Bertz CT molecular complexity index is 998. The van der Waals surface area contributed by atoms with Gasteiger partial charge in [-0.05, 0) is 45.3 Å². The molecule has 1 aliphatic heterocycles. The van der Waals surface area contributed by atoms with Crippen molar-refractivity contribution in [3.63, 3.8) is 0 Å². The Labute approximate surface area is 168 Å². The Hall–Kier alpha value is -2.64. The topological polar surface area (TPSA) is 65.9 Å². The molecular weight excluding hydrogens is 374 g/mol. The minimum Gasteiger partial charge on any atom is -0.504 e. The molecule has 0 aliphatic carbocycles. The number of carbonyl (C=O) groups excluding carboxylic acids is 1. The first-order valence-corrected chi connectivity index (χ1v) is 10.1. The van der Waals surface area contributed by atoms with E-state index in [9.17, 15) is 9.90 Å². The summed E-state index contributed by atoms with van der Waals surface area (Å²) in [5, 5.41) is 11.4. The molecule has 0 spiro atoms. The average molecular weight is 398 g/mol. The van der Waals surface area contributed by atoms with Gasteiger partial charge in [0.25, 0.3) is 0 Å². The van der Waals surface area contributed by atoms with Crippen LogP contribution >= 0.6 is 11.3 Å². The van der Waals surface area contributed by atoms with Crippen molar-refractivity contribution in [3.8, 4) is 22.1 Å². The van der Waals surface area contributed by atoms with Crippen molar-refractivity contribution in [2.45, 2.75) is 19.5 Å². The monoisotopic (exact) mass is 397 g/mol. The molecule has 4 rings (SSSR count). The summed E-state index contributed by atoms with van der Waals surface area (Å²) in [4.78, 5) is 21.2. The zero-order valence-corrected chi connectivity index (χ0v) is 17.0. The lowest BCUT2D eigenvalue weighted by molar-refractivity contribution is -0.136. The summed E-state index contributed by atoms with van der Waals surface area (Å²) in [5.41, 5.74) is 2.56. The van der Waals surface area contributed by atoms with Gasteiger partial charge in [-0.1, -0.05) is 12.1 Å². The lowest BCUT2D eigenvalue weighted by Gasteiger charge is -2.27. The van der Waals surface area contributed by atoms with E-state index in [1.807, 2.05) is 56.3 Å². The van der Waals surface area contributed by atoms with Gasteiger partial charge in [0.15, 0.2) is 11.5 Å². The van der Waals surface area contributed by atoms with Crippen molar-refractivity contribution < 1.29 is 14.6 Å². The van der Waals surface area contributed by atoms with E-state index in [1.54, 1.807) is 22.3 Å². The summed E-state index contributed by atoms with van der Waals surface area (Å²) in [5.74, 6) is 0.589. The van der Waals surface area contributed by atoms with E-state index in [0.717, 1.165) is 26.4 Å². The maximum absolute atomic E-state index is 12.8. The summed E-state index contributed by atoms with van der Waals surface area (Å²) >= 11 is 1.58. The summed E-state index contributed by atoms with van der Waals surface area (Å²) in [7, 11) is 3.78. The van der Waals surface area contributed by atoms with Gasteiger partial charge in [-0.2, -0.15) is 0 Å². The number of thiazole rings is 1. The van der Waals surface area contributed by atoms with Gasteiger partial charge in [0.05, 0.1) is 22.8 Å². The molecule has 1 aliphatic rings. The number of para-hydroxylation sites is 1. The Morgan fingerprint density at radius 2 is 2.11 bits per heavy atom. The number of aromatic nitrogens is 1. The molecule has 0 radical (unpaired) electrons. The van der Waals surface area contributed by atoms with Crippen molar-refractivity contribution in [1.29, 1.82) is 0 Å². The third-order valence-corrected chi connectivity index (χ3v) is 6.19. The number of carbonyl (C=O) groups is 1. The number of likely N-dealkylation sites (N-methyl/N-ethyl adjacent to an activating group) is 1. The van der Waals surface area contributed by atoms with E-state index in [4.69, 9.17) is 4.74 Å². The lowest BCUT2D eigenvalue weighted by atomic mass is 10.1. The molecule has 146 valence electrons. The first-order chi connectivity index (χ1) is 13.4. The summed E-state index contributed by atoms with van der Waals surface area (Å²) in [6, 6.07) is 11.4. The molecule has 0 bridgehead atoms. The molecule has 28 heavy (non-hydrogen) atoms. The van der Waals surface area contributed by atoms with Crippen LogP contribution in [0.4, 0.5) is 0 Å². The number of hydrogen-bond donors (Lipinski definition) is 1. The summed E-state index contributed by atoms with van der Waals surface area (Å²) < 4.78 is 6.87. The van der Waals surface area contributed by atoms with Crippen LogP contribution in [-0.2, 0) is 11.3 Å². The van der Waals surface area contributed by atoms with Crippen molar-refractivity contribution in [3.05, 3.63) is 42.0 Å². The number of ether oxygens (including phenoxy) is 1. The zero-order valence-electron chi connectivity index (χ0n) is 16.2. The van der Waals surface area contributed by atoms with E-state index >= 15 is 0 Å². The Kier molecular flexibility index (Phi) is 4.95. The zero-order chi connectivity index (χ0) is 19.8. The molecule has 0 unspecified atom stereocenters. The molecule has 1 atom stereocenters. The van der Waals surface area contributed by atoms with Crippen LogP contribution < -0.4 is 4.74 Å². The van der Waals surface area contributed by atoms with Crippen LogP contribution in [0.1, 0.15) is 12.5 Å². The largest absolute Gasteiger partial charge is 0.504 e. The Morgan fingerprint density at radius 1 is 1.32 bits per heavy atom. The van der Waals surface area contributed by atoms with Crippen molar-refractivity contribution in [2.75, 3.05) is 27.2 Å².